The van der Waals surface area contributed by atoms with Crippen molar-refractivity contribution in [2.75, 3.05) is 26.8 Å². The van der Waals surface area contributed by atoms with E-state index in [1.165, 1.54) is 5.56 Å². The molecular weight excluding hydrogens is 238 g/mol. The molecule has 19 heavy (non-hydrogen) atoms. The maximum Gasteiger partial charge on any atom is 0.222 e. The van der Waals surface area contributed by atoms with E-state index in [4.69, 9.17) is 4.74 Å². The molecule has 3 heteroatoms. The Labute approximate surface area is 115 Å². The second kappa shape index (κ2) is 6.20. The first-order valence-corrected chi connectivity index (χ1v) is 6.98. The highest BCUT2D eigenvalue weighted by molar-refractivity contribution is 5.77. The molecule has 1 heterocycles. The minimum Gasteiger partial charge on any atom is -0.385 e. The van der Waals surface area contributed by atoms with Crippen LogP contribution in [0.2, 0.25) is 0 Å². The molecule has 1 aromatic carbocycles. The zero-order valence-corrected chi connectivity index (χ0v) is 11.9. The van der Waals surface area contributed by atoms with E-state index < -0.39 is 0 Å². The predicted molar refractivity (Wildman–Crippen MR) is 76.1 cm³/mol. The molecule has 0 unspecified atom stereocenters. The standard InChI is InChI=1S/C16H23NO2/c1-16(14-7-4-3-5-8-14)10-9-15(18)17(13-16)11-6-12-19-2/h3-5,7-8H,6,9-13H2,1-2H3/t16-/m0/s1. The van der Waals surface area contributed by atoms with Crippen LogP contribution in [0, 0.1) is 0 Å². The highest BCUT2D eigenvalue weighted by Crippen LogP contribution is 2.33. The van der Waals surface area contributed by atoms with Crippen molar-refractivity contribution >= 4 is 5.91 Å². The van der Waals surface area contributed by atoms with Gasteiger partial charge in [-0.1, -0.05) is 37.3 Å². The Morgan fingerprint density at radius 2 is 2.05 bits per heavy atom. The first-order valence-electron chi connectivity index (χ1n) is 6.98. The molecule has 1 aromatic rings. The molecule has 0 N–H and O–H groups in total. The first kappa shape index (κ1) is 14.1. The second-order valence-corrected chi connectivity index (χ2v) is 5.59. The summed E-state index contributed by atoms with van der Waals surface area (Å²) in [7, 11) is 1.70. The van der Waals surface area contributed by atoms with Gasteiger partial charge in [0.2, 0.25) is 5.91 Å². The average molecular weight is 261 g/mol. The summed E-state index contributed by atoms with van der Waals surface area (Å²) in [6.07, 6.45) is 2.50. The fourth-order valence-corrected chi connectivity index (χ4v) is 2.81. The number of rotatable bonds is 5. The fourth-order valence-electron chi connectivity index (χ4n) is 2.81. The van der Waals surface area contributed by atoms with Gasteiger partial charge in [0.25, 0.3) is 0 Å². The van der Waals surface area contributed by atoms with E-state index in [-0.39, 0.29) is 11.3 Å². The van der Waals surface area contributed by atoms with Crippen molar-refractivity contribution in [3.8, 4) is 0 Å². The van der Waals surface area contributed by atoms with E-state index in [9.17, 15) is 4.79 Å². The number of hydrogen-bond acceptors (Lipinski definition) is 2. The van der Waals surface area contributed by atoms with E-state index in [1.807, 2.05) is 11.0 Å². The van der Waals surface area contributed by atoms with Gasteiger partial charge in [0.15, 0.2) is 0 Å². The van der Waals surface area contributed by atoms with Gasteiger partial charge in [0.1, 0.15) is 0 Å². The fraction of sp³-hybridized carbons (Fsp3) is 0.562. The van der Waals surface area contributed by atoms with E-state index >= 15 is 0 Å². The zero-order valence-electron chi connectivity index (χ0n) is 11.9. The van der Waals surface area contributed by atoms with Crippen LogP contribution in [0.15, 0.2) is 30.3 Å². The molecule has 1 saturated heterocycles. The topological polar surface area (TPSA) is 29.5 Å². The molecule has 1 aliphatic rings. The Bertz CT molecular complexity index is 418. The van der Waals surface area contributed by atoms with E-state index in [0.717, 1.165) is 25.9 Å². The highest BCUT2D eigenvalue weighted by Gasteiger charge is 2.35. The number of ether oxygens (including phenoxy) is 1. The van der Waals surface area contributed by atoms with Crippen LogP contribution in [-0.2, 0) is 14.9 Å². The molecule has 1 atom stereocenters. The van der Waals surface area contributed by atoms with Gasteiger partial charge in [-0.25, -0.2) is 0 Å². The molecule has 0 bridgehead atoms. The minimum absolute atomic E-state index is 0.0856. The van der Waals surface area contributed by atoms with Crippen molar-refractivity contribution in [1.82, 2.24) is 4.90 Å². The molecular formula is C16H23NO2. The summed E-state index contributed by atoms with van der Waals surface area (Å²) in [6, 6.07) is 10.5. The van der Waals surface area contributed by atoms with Crippen molar-refractivity contribution in [3.05, 3.63) is 35.9 Å². The second-order valence-electron chi connectivity index (χ2n) is 5.59. The number of carbonyl (C=O) groups is 1. The smallest absolute Gasteiger partial charge is 0.222 e. The number of likely N-dealkylation sites (tertiary alicyclic amines) is 1. The minimum atomic E-state index is 0.0856. The molecule has 104 valence electrons. The van der Waals surface area contributed by atoms with Crippen molar-refractivity contribution in [2.45, 2.75) is 31.6 Å². The molecule has 0 radical (unpaired) electrons. The Morgan fingerprint density at radius 1 is 1.32 bits per heavy atom. The lowest BCUT2D eigenvalue weighted by Crippen LogP contribution is -2.47. The van der Waals surface area contributed by atoms with Crippen molar-refractivity contribution in [1.29, 1.82) is 0 Å². The number of piperidine rings is 1. The SMILES string of the molecule is COCCCN1C[C@@](C)(c2ccccc2)CCC1=O. The van der Waals surface area contributed by atoms with Crippen LogP contribution >= 0.6 is 0 Å². The van der Waals surface area contributed by atoms with Crippen LogP contribution in [0.4, 0.5) is 0 Å². The molecule has 0 aliphatic carbocycles. The molecule has 1 aliphatic heterocycles. The molecule has 2 rings (SSSR count). The Hall–Kier alpha value is -1.35. The van der Waals surface area contributed by atoms with Crippen molar-refractivity contribution < 1.29 is 9.53 Å². The summed E-state index contributed by atoms with van der Waals surface area (Å²) in [5, 5.41) is 0. The van der Waals surface area contributed by atoms with Crippen LogP contribution in [0.25, 0.3) is 0 Å². The van der Waals surface area contributed by atoms with Gasteiger partial charge in [-0.15, -0.1) is 0 Å². The average Bonchev–Trinajstić information content (AvgIpc) is 2.44. The van der Waals surface area contributed by atoms with Gasteiger partial charge in [-0.05, 0) is 18.4 Å². The number of hydrogen-bond donors (Lipinski definition) is 0. The normalized spacial score (nSPS) is 23.7. The van der Waals surface area contributed by atoms with Crippen LogP contribution in [0.3, 0.4) is 0 Å². The molecule has 3 nitrogen and oxygen atoms in total. The van der Waals surface area contributed by atoms with Gasteiger partial charge in [-0.3, -0.25) is 4.79 Å². The predicted octanol–water partition coefficient (Wildman–Crippen LogP) is 2.60. The lowest BCUT2D eigenvalue weighted by molar-refractivity contribution is -0.135. The van der Waals surface area contributed by atoms with Crippen LogP contribution in [-0.4, -0.2) is 37.6 Å². The maximum absolute atomic E-state index is 12.0. The van der Waals surface area contributed by atoms with Gasteiger partial charge < -0.3 is 9.64 Å². The molecule has 0 saturated carbocycles. The van der Waals surface area contributed by atoms with Crippen molar-refractivity contribution in [2.24, 2.45) is 0 Å². The summed E-state index contributed by atoms with van der Waals surface area (Å²) in [5.41, 5.74) is 1.42. The maximum atomic E-state index is 12.0. The summed E-state index contributed by atoms with van der Waals surface area (Å²) in [4.78, 5) is 14.0. The zero-order chi connectivity index (χ0) is 13.7. The molecule has 0 spiro atoms. The van der Waals surface area contributed by atoms with E-state index in [0.29, 0.717) is 13.0 Å². The number of carbonyl (C=O) groups excluding carboxylic acids is 1. The van der Waals surface area contributed by atoms with Crippen molar-refractivity contribution in [3.63, 3.8) is 0 Å². The number of benzene rings is 1. The lowest BCUT2D eigenvalue weighted by Gasteiger charge is -2.40. The van der Waals surface area contributed by atoms with Crippen LogP contribution in [0.1, 0.15) is 31.7 Å². The summed E-state index contributed by atoms with van der Waals surface area (Å²) in [6.45, 7) is 4.60. The summed E-state index contributed by atoms with van der Waals surface area (Å²) >= 11 is 0. The molecule has 1 amide bonds. The van der Waals surface area contributed by atoms with E-state index in [1.54, 1.807) is 7.11 Å². The highest BCUT2D eigenvalue weighted by atomic mass is 16.5. The van der Waals surface area contributed by atoms with Gasteiger partial charge >= 0.3 is 0 Å². The quantitative estimate of drug-likeness (QED) is 0.763. The first-order chi connectivity index (χ1) is 9.15. The summed E-state index contributed by atoms with van der Waals surface area (Å²) < 4.78 is 5.07. The Morgan fingerprint density at radius 3 is 2.74 bits per heavy atom. The largest absolute Gasteiger partial charge is 0.385 e. The Balaban J connectivity index is 2.05. The third-order valence-electron chi connectivity index (χ3n) is 4.03. The molecule has 1 fully saturated rings. The van der Waals surface area contributed by atoms with Gasteiger partial charge in [-0.2, -0.15) is 0 Å². The van der Waals surface area contributed by atoms with Crippen LogP contribution < -0.4 is 0 Å². The Kier molecular flexibility index (Phi) is 4.59. The summed E-state index contributed by atoms with van der Waals surface area (Å²) in [5.74, 6) is 0.282. The third-order valence-corrected chi connectivity index (χ3v) is 4.03. The lowest BCUT2D eigenvalue weighted by atomic mass is 9.75. The van der Waals surface area contributed by atoms with Gasteiger partial charge in [0.05, 0.1) is 0 Å². The number of nitrogens with zero attached hydrogens (tertiary/aromatic N) is 1. The third kappa shape index (κ3) is 3.35. The number of amides is 1. The van der Waals surface area contributed by atoms with Gasteiger partial charge in [0, 0.05) is 38.6 Å². The molecule has 0 aromatic heterocycles. The monoisotopic (exact) mass is 261 g/mol. The number of methoxy groups -OCH3 is 1. The van der Waals surface area contributed by atoms with E-state index in [2.05, 4.69) is 31.2 Å². The van der Waals surface area contributed by atoms with Crippen LogP contribution in [0.5, 0.6) is 0 Å².